The molecule has 0 unspecified atom stereocenters. The largest absolute Gasteiger partial charge is 0.534 e. The van der Waals surface area contributed by atoms with Gasteiger partial charge in [-0.2, -0.15) is 21.6 Å². The smallest absolute Gasteiger partial charge is 0.493 e. The lowest BCUT2D eigenvalue weighted by Gasteiger charge is -2.19. The highest BCUT2D eigenvalue weighted by Gasteiger charge is 2.48. The van der Waals surface area contributed by atoms with Gasteiger partial charge in [0.15, 0.2) is 5.75 Å². The Hall–Kier alpha value is -2.22. The van der Waals surface area contributed by atoms with Crippen molar-refractivity contribution in [3.63, 3.8) is 0 Å². The van der Waals surface area contributed by atoms with E-state index in [0.29, 0.717) is 12.2 Å². The van der Waals surface area contributed by atoms with Gasteiger partial charge in [-0.3, -0.25) is 0 Å². The van der Waals surface area contributed by atoms with Crippen LogP contribution in [0.15, 0.2) is 36.4 Å². The summed E-state index contributed by atoms with van der Waals surface area (Å²) in [6.45, 7) is 2.38. The molecular weight excluding hydrogens is 357 g/mol. The second-order valence-corrected chi connectivity index (χ2v) is 7.30. The summed E-state index contributed by atoms with van der Waals surface area (Å²) >= 11 is 0. The molecule has 0 saturated heterocycles. The average Bonchev–Trinajstić information content (AvgIpc) is 2.55. The van der Waals surface area contributed by atoms with Crippen molar-refractivity contribution in [2.75, 3.05) is 6.61 Å². The number of hydrogen-bond donors (Lipinski definition) is 0. The van der Waals surface area contributed by atoms with Gasteiger partial charge in [0.2, 0.25) is 0 Å². The molecule has 2 aromatic rings. The zero-order valence-corrected chi connectivity index (χ0v) is 14.1. The van der Waals surface area contributed by atoms with Crippen molar-refractivity contribution in [1.82, 2.24) is 0 Å². The fourth-order valence-electron chi connectivity index (χ4n) is 2.64. The van der Waals surface area contributed by atoms with Crippen LogP contribution in [0.4, 0.5) is 13.2 Å². The van der Waals surface area contributed by atoms with Crippen LogP contribution in [0.5, 0.6) is 11.5 Å². The van der Waals surface area contributed by atoms with Crippen molar-refractivity contribution >= 4 is 10.1 Å². The van der Waals surface area contributed by atoms with Crippen LogP contribution in [0.2, 0.25) is 0 Å². The highest BCUT2D eigenvalue weighted by molar-refractivity contribution is 7.88. The van der Waals surface area contributed by atoms with Crippen LogP contribution >= 0.6 is 0 Å². The number of rotatable bonds is 3. The molecule has 25 heavy (non-hydrogen) atoms. The molecule has 1 aliphatic heterocycles. The van der Waals surface area contributed by atoms with Crippen LogP contribution in [0, 0.1) is 6.92 Å². The molecule has 0 aromatic heterocycles. The van der Waals surface area contributed by atoms with Crippen molar-refractivity contribution in [3.05, 3.63) is 47.5 Å². The Bertz CT molecular complexity index is 905. The maximum absolute atomic E-state index is 12.6. The number of fused-ring (bicyclic) bond motifs is 1. The molecule has 0 saturated carbocycles. The first-order chi connectivity index (χ1) is 11.7. The highest BCUT2D eigenvalue weighted by Crippen LogP contribution is 2.37. The predicted octanol–water partition coefficient (Wildman–Crippen LogP) is 4.22. The van der Waals surface area contributed by atoms with E-state index in [1.165, 1.54) is 12.1 Å². The Morgan fingerprint density at radius 3 is 2.60 bits per heavy atom. The van der Waals surface area contributed by atoms with Crippen molar-refractivity contribution in [2.45, 2.75) is 25.3 Å². The summed E-state index contributed by atoms with van der Waals surface area (Å²) in [6.07, 6.45) is 1.63. The molecular formula is C17H15F3O4S. The Morgan fingerprint density at radius 2 is 1.88 bits per heavy atom. The molecule has 0 atom stereocenters. The molecule has 134 valence electrons. The van der Waals surface area contributed by atoms with E-state index >= 15 is 0 Å². The Labute approximate surface area is 143 Å². The van der Waals surface area contributed by atoms with Gasteiger partial charge in [0.05, 0.1) is 6.61 Å². The predicted molar refractivity (Wildman–Crippen MR) is 86.0 cm³/mol. The van der Waals surface area contributed by atoms with E-state index in [2.05, 4.69) is 4.18 Å². The lowest BCUT2D eigenvalue weighted by atomic mass is 9.97. The van der Waals surface area contributed by atoms with Crippen LogP contribution < -0.4 is 8.92 Å². The van der Waals surface area contributed by atoms with Gasteiger partial charge in [-0.05, 0) is 55.2 Å². The minimum Gasteiger partial charge on any atom is -0.493 e. The van der Waals surface area contributed by atoms with Crippen molar-refractivity contribution in [3.8, 4) is 22.6 Å². The van der Waals surface area contributed by atoms with Crippen LogP contribution in [0.25, 0.3) is 11.1 Å². The molecule has 0 fully saturated rings. The Morgan fingerprint density at radius 1 is 1.12 bits per heavy atom. The monoisotopic (exact) mass is 372 g/mol. The molecule has 3 rings (SSSR count). The van der Waals surface area contributed by atoms with E-state index in [0.717, 1.165) is 29.7 Å². The second-order valence-electron chi connectivity index (χ2n) is 5.76. The van der Waals surface area contributed by atoms with Gasteiger partial charge >= 0.3 is 15.6 Å². The SMILES string of the molecule is Cc1ccc(OS(=O)(=O)C(F)(F)F)c(-c2ccc3c(c2)CCCO3)c1. The molecule has 8 heteroatoms. The van der Waals surface area contributed by atoms with E-state index in [1.54, 1.807) is 31.2 Å². The summed E-state index contributed by atoms with van der Waals surface area (Å²) in [5.74, 6) is 0.368. The van der Waals surface area contributed by atoms with Crippen molar-refractivity contribution in [1.29, 1.82) is 0 Å². The molecule has 0 spiro atoms. The summed E-state index contributed by atoms with van der Waals surface area (Å²) in [5.41, 5.74) is -2.95. The summed E-state index contributed by atoms with van der Waals surface area (Å²) < 4.78 is 70.5. The Balaban J connectivity index is 2.06. The molecule has 0 aliphatic carbocycles. The minimum absolute atomic E-state index is 0.279. The van der Waals surface area contributed by atoms with Gasteiger partial charge in [0.1, 0.15) is 5.75 Å². The number of aryl methyl sites for hydroxylation is 2. The zero-order chi connectivity index (χ0) is 18.2. The molecule has 1 aliphatic rings. The summed E-state index contributed by atoms with van der Waals surface area (Å²) in [4.78, 5) is 0. The molecule has 0 radical (unpaired) electrons. The number of alkyl halides is 3. The quantitative estimate of drug-likeness (QED) is 0.598. The maximum Gasteiger partial charge on any atom is 0.534 e. The fraction of sp³-hybridized carbons (Fsp3) is 0.294. The lowest BCUT2D eigenvalue weighted by molar-refractivity contribution is -0.0499. The first-order valence-electron chi connectivity index (χ1n) is 7.55. The first kappa shape index (κ1) is 17.6. The minimum atomic E-state index is -5.74. The molecule has 4 nitrogen and oxygen atoms in total. The van der Waals surface area contributed by atoms with E-state index in [9.17, 15) is 21.6 Å². The molecule has 1 heterocycles. The third kappa shape index (κ3) is 3.58. The zero-order valence-electron chi connectivity index (χ0n) is 13.3. The highest BCUT2D eigenvalue weighted by atomic mass is 32.2. The van der Waals surface area contributed by atoms with Crippen LogP contribution in [-0.4, -0.2) is 20.5 Å². The third-order valence-corrected chi connectivity index (χ3v) is 4.80. The molecule has 0 bridgehead atoms. The summed E-state index contributed by atoms with van der Waals surface area (Å²) in [5, 5.41) is 0. The van der Waals surface area contributed by atoms with Gasteiger partial charge < -0.3 is 8.92 Å². The van der Waals surface area contributed by atoms with Gasteiger partial charge in [-0.15, -0.1) is 0 Å². The van der Waals surface area contributed by atoms with Crippen LogP contribution in [0.3, 0.4) is 0 Å². The number of halogens is 3. The van der Waals surface area contributed by atoms with Crippen LogP contribution in [-0.2, 0) is 16.5 Å². The Kier molecular flexibility index (Phi) is 4.40. The molecule has 0 N–H and O–H groups in total. The normalized spacial score (nSPS) is 14.6. The van der Waals surface area contributed by atoms with Crippen molar-refractivity contribution in [2.24, 2.45) is 0 Å². The van der Waals surface area contributed by atoms with Crippen LogP contribution in [0.1, 0.15) is 17.5 Å². The fourth-order valence-corrected chi connectivity index (χ4v) is 3.11. The van der Waals surface area contributed by atoms with E-state index < -0.39 is 15.6 Å². The molecule has 0 amide bonds. The standard InChI is InChI=1S/C17H15F3O4S/c1-11-4-6-16(24-25(21,22)17(18,19)20)14(9-11)12-5-7-15-13(10-12)3-2-8-23-15/h4-7,9-10H,2-3,8H2,1H3. The van der Waals surface area contributed by atoms with Gasteiger partial charge in [-0.25, -0.2) is 0 Å². The summed E-state index contributed by atoms with van der Waals surface area (Å²) in [7, 11) is -5.74. The van der Waals surface area contributed by atoms with E-state index in [4.69, 9.17) is 4.74 Å². The van der Waals surface area contributed by atoms with E-state index in [-0.39, 0.29) is 11.3 Å². The number of hydrogen-bond acceptors (Lipinski definition) is 4. The lowest BCUT2D eigenvalue weighted by Crippen LogP contribution is -2.28. The topological polar surface area (TPSA) is 52.6 Å². The summed E-state index contributed by atoms with van der Waals surface area (Å²) in [6, 6.07) is 9.50. The number of ether oxygens (including phenoxy) is 1. The second kappa shape index (κ2) is 6.25. The third-order valence-electron chi connectivity index (χ3n) is 3.84. The first-order valence-corrected chi connectivity index (χ1v) is 8.96. The van der Waals surface area contributed by atoms with Gasteiger partial charge in [0, 0.05) is 5.56 Å². The molecule has 2 aromatic carbocycles. The average molecular weight is 372 g/mol. The maximum atomic E-state index is 12.6. The number of benzene rings is 2. The van der Waals surface area contributed by atoms with Gasteiger partial charge in [-0.1, -0.05) is 17.7 Å². The van der Waals surface area contributed by atoms with E-state index in [1.807, 2.05) is 0 Å². The van der Waals surface area contributed by atoms with Crippen molar-refractivity contribution < 1.29 is 30.5 Å². The van der Waals surface area contributed by atoms with Gasteiger partial charge in [0.25, 0.3) is 0 Å².